The summed E-state index contributed by atoms with van der Waals surface area (Å²) < 4.78 is 0. The Hall–Kier alpha value is -1.17. The van der Waals surface area contributed by atoms with Crippen molar-refractivity contribution in [3.8, 4) is 0 Å². The molecule has 1 aliphatic heterocycles. The van der Waals surface area contributed by atoms with Gasteiger partial charge in [-0.05, 0) is 25.5 Å². The highest BCUT2D eigenvalue weighted by Crippen LogP contribution is 2.30. The lowest BCUT2D eigenvalue weighted by molar-refractivity contribution is -0.385. The van der Waals surface area contributed by atoms with E-state index in [9.17, 15) is 15.2 Å². The van der Waals surface area contributed by atoms with Gasteiger partial charge in [-0.1, -0.05) is 17.7 Å². The van der Waals surface area contributed by atoms with Gasteiger partial charge in [0.05, 0.1) is 16.0 Å². The van der Waals surface area contributed by atoms with Crippen LogP contribution in [0.15, 0.2) is 18.2 Å². The van der Waals surface area contributed by atoms with Crippen molar-refractivity contribution in [3.63, 3.8) is 0 Å². The Labute approximate surface area is 110 Å². The first kappa shape index (κ1) is 13.3. The zero-order valence-corrected chi connectivity index (χ0v) is 10.6. The van der Waals surface area contributed by atoms with E-state index in [1.807, 2.05) is 0 Å². The molecule has 18 heavy (non-hydrogen) atoms. The van der Waals surface area contributed by atoms with E-state index in [2.05, 4.69) is 5.32 Å². The Balaban J connectivity index is 2.24. The number of aliphatic hydroxyl groups is 1. The second-order valence-electron chi connectivity index (χ2n) is 4.52. The third-order valence-corrected chi connectivity index (χ3v) is 3.68. The lowest BCUT2D eigenvalue weighted by Gasteiger charge is -2.28. The third-order valence-electron chi connectivity index (χ3n) is 3.32. The average Bonchev–Trinajstić information content (AvgIpc) is 2.34. The Morgan fingerprint density at radius 1 is 1.56 bits per heavy atom. The molecule has 2 unspecified atom stereocenters. The molecule has 0 aliphatic carbocycles. The van der Waals surface area contributed by atoms with Gasteiger partial charge in [-0.15, -0.1) is 0 Å². The number of nitrogens with zero attached hydrogens (tertiary/aromatic N) is 1. The molecule has 6 heteroatoms. The molecule has 1 aromatic carbocycles. The number of halogens is 1. The van der Waals surface area contributed by atoms with E-state index in [0.717, 1.165) is 6.54 Å². The quantitative estimate of drug-likeness (QED) is 0.648. The molecule has 5 nitrogen and oxygen atoms in total. The van der Waals surface area contributed by atoms with E-state index in [0.29, 0.717) is 30.0 Å². The van der Waals surface area contributed by atoms with Crippen molar-refractivity contribution in [2.75, 3.05) is 13.1 Å². The molecule has 1 aliphatic rings. The van der Waals surface area contributed by atoms with E-state index in [-0.39, 0.29) is 11.6 Å². The molecule has 2 rings (SSSR count). The van der Waals surface area contributed by atoms with E-state index in [4.69, 9.17) is 11.6 Å². The van der Waals surface area contributed by atoms with E-state index in [1.165, 1.54) is 6.07 Å². The van der Waals surface area contributed by atoms with Crippen molar-refractivity contribution in [1.82, 2.24) is 5.32 Å². The SMILES string of the molecule is O=[N+]([O-])c1cccc(Cl)c1CC1CNCCC1O. The van der Waals surface area contributed by atoms with Gasteiger partial charge in [0.2, 0.25) is 0 Å². The monoisotopic (exact) mass is 270 g/mol. The van der Waals surface area contributed by atoms with Crippen LogP contribution in [0.4, 0.5) is 5.69 Å². The molecule has 0 amide bonds. The lowest BCUT2D eigenvalue weighted by Crippen LogP contribution is -2.41. The molecule has 1 aromatic rings. The highest BCUT2D eigenvalue weighted by molar-refractivity contribution is 6.31. The summed E-state index contributed by atoms with van der Waals surface area (Å²) in [6.45, 7) is 1.44. The first-order valence-corrected chi connectivity index (χ1v) is 6.28. The molecule has 98 valence electrons. The fourth-order valence-electron chi connectivity index (χ4n) is 2.30. The zero-order valence-electron chi connectivity index (χ0n) is 9.80. The van der Waals surface area contributed by atoms with Gasteiger partial charge < -0.3 is 10.4 Å². The van der Waals surface area contributed by atoms with Crippen molar-refractivity contribution in [3.05, 3.63) is 38.9 Å². The fraction of sp³-hybridized carbons (Fsp3) is 0.500. The molecule has 1 heterocycles. The minimum absolute atomic E-state index is 0.0280. The summed E-state index contributed by atoms with van der Waals surface area (Å²) in [5.41, 5.74) is 0.539. The summed E-state index contributed by atoms with van der Waals surface area (Å²) in [7, 11) is 0. The maximum absolute atomic E-state index is 11.0. The van der Waals surface area contributed by atoms with Crippen molar-refractivity contribution in [2.45, 2.75) is 18.9 Å². The molecule has 2 atom stereocenters. The van der Waals surface area contributed by atoms with E-state index >= 15 is 0 Å². The Morgan fingerprint density at radius 3 is 3.00 bits per heavy atom. The highest BCUT2D eigenvalue weighted by atomic mass is 35.5. The summed E-state index contributed by atoms with van der Waals surface area (Å²) in [4.78, 5) is 10.5. The summed E-state index contributed by atoms with van der Waals surface area (Å²) >= 11 is 6.03. The molecular formula is C12H15ClN2O3. The third kappa shape index (κ3) is 2.80. The number of nitrogens with one attached hydrogen (secondary N) is 1. The summed E-state index contributed by atoms with van der Waals surface area (Å²) in [5, 5.41) is 24.4. The van der Waals surface area contributed by atoms with Gasteiger partial charge in [-0.2, -0.15) is 0 Å². The lowest BCUT2D eigenvalue weighted by atomic mass is 9.89. The number of aliphatic hydroxyl groups excluding tert-OH is 1. The first-order valence-electron chi connectivity index (χ1n) is 5.90. The van der Waals surface area contributed by atoms with Crippen LogP contribution in [-0.4, -0.2) is 29.2 Å². The average molecular weight is 271 g/mol. The first-order chi connectivity index (χ1) is 8.59. The van der Waals surface area contributed by atoms with Gasteiger partial charge in [0.25, 0.3) is 5.69 Å². The van der Waals surface area contributed by atoms with Gasteiger partial charge in [0, 0.05) is 24.1 Å². The second kappa shape index (κ2) is 5.65. The van der Waals surface area contributed by atoms with Crippen molar-refractivity contribution < 1.29 is 10.0 Å². The molecule has 1 fully saturated rings. The second-order valence-corrected chi connectivity index (χ2v) is 4.93. The number of rotatable bonds is 3. The molecular weight excluding hydrogens is 256 g/mol. The molecule has 0 spiro atoms. The van der Waals surface area contributed by atoms with Gasteiger partial charge in [0.1, 0.15) is 0 Å². The van der Waals surface area contributed by atoms with Gasteiger partial charge in [-0.3, -0.25) is 10.1 Å². The van der Waals surface area contributed by atoms with Crippen LogP contribution in [0, 0.1) is 16.0 Å². The van der Waals surface area contributed by atoms with Crippen LogP contribution in [-0.2, 0) is 6.42 Å². The molecule has 0 bridgehead atoms. The normalized spacial score (nSPS) is 23.9. The number of piperidine rings is 1. The minimum Gasteiger partial charge on any atom is -0.393 e. The zero-order chi connectivity index (χ0) is 13.1. The van der Waals surface area contributed by atoms with Crippen molar-refractivity contribution in [2.24, 2.45) is 5.92 Å². The van der Waals surface area contributed by atoms with E-state index < -0.39 is 11.0 Å². The summed E-state index contributed by atoms with van der Waals surface area (Å²) in [5.74, 6) is -0.0302. The van der Waals surface area contributed by atoms with Crippen LogP contribution < -0.4 is 5.32 Å². The molecule has 2 N–H and O–H groups in total. The Bertz CT molecular complexity index is 453. The maximum Gasteiger partial charge on any atom is 0.274 e. The van der Waals surface area contributed by atoms with Crippen molar-refractivity contribution in [1.29, 1.82) is 0 Å². The fourth-order valence-corrected chi connectivity index (χ4v) is 2.55. The number of nitro groups is 1. The molecule has 1 saturated heterocycles. The number of hydrogen-bond donors (Lipinski definition) is 2. The Kier molecular flexibility index (Phi) is 4.16. The minimum atomic E-state index is -0.429. The predicted octanol–water partition coefficient (Wildman–Crippen LogP) is 1.76. The van der Waals surface area contributed by atoms with Crippen LogP contribution in [0.1, 0.15) is 12.0 Å². The van der Waals surface area contributed by atoms with Gasteiger partial charge >= 0.3 is 0 Å². The highest BCUT2D eigenvalue weighted by Gasteiger charge is 2.27. The smallest absolute Gasteiger partial charge is 0.274 e. The van der Waals surface area contributed by atoms with Crippen LogP contribution in [0.25, 0.3) is 0 Å². The predicted molar refractivity (Wildman–Crippen MR) is 68.8 cm³/mol. The molecule has 0 aromatic heterocycles. The standard InChI is InChI=1S/C12H15ClN2O3/c13-10-2-1-3-11(15(17)18)9(10)6-8-7-14-5-4-12(8)16/h1-3,8,12,14,16H,4-7H2. The summed E-state index contributed by atoms with van der Waals surface area (Å²) in [6, 6.07) is 4.66. The van der Waals surface area contributed by atoms with Crippen molar-refractivity contribution >= 4 is 17.3 Å². The van der Waals surface area contributed by atoms with Gasteiger partial charge in [0.15, 0.2) is 0 Å². The van der Waals surface area contributed by atoms with E-state index in [1.54, 1.807) is 12.1 Å². The Morgan fingerprint density at radius 2 is 2.33 bits per heavy atom. The molecule has 0 saturated carbocycles. The topological polar surface area (TPSA) is 75.4 Å². The van der Waals surface area contributed by atoms with Crippen LogP contribution in [0.3, 0.4) is 0 Å². The molecule has 0 radical (unpaired) electrons. The van der Waals surface area contributed by atoms with Crippen LogP contribution in [0.5, 0.6) is 0 Å². The number of hydrogen-bond acceptors (Lipinski definition) is 4. The maximum atomic E-state index is 11.0. The largest absolute Gasteiger partial charge is 0.393 e. The van der Waals surface area contributed by atoms with Crippen LogP contribution in [0.2, 0.25) is 5.02 Å². The van der Waals surface area contributed by atoms with Crippen LogP contribution >= 0.6 is 11.6 Å². The summed E-state index contributed by atoms with van der Waals surface area (Å²) in [6.07, 6.45) is 0.662. The number of benzene rings is 1. The van der Waals surface area contributed by atoms with Gasteiger partial charge in [-0.25, -0.2) is 0 Å². The number of nitro benzene ring substituents is 1.